The Morgan fingerprint density at radius 2 is 1.66 bits per heavy atom. The van der Waals surface area contributed by atoms with Gasteiger partial charge in [0, 0.05) is 30.4 Å². The summed E-state index contributed by atoms with van der Waals surface area (Å²) in [5.41, 5.74) is 2.60. The molecule has 0 aliphatic heterocycles. The van der Waals surface area contributed by atoms with Crippen molar-refractivity contribution >= 4 is 21.8 Å². The van der Waals surface area contributed by atoms with E-state index in [0.29, 0.717) is 28.6 Å². The van der Waals surface area contributed by atoms with Gasteiger partial charge in [-0.25, -0.2) is 18.4 Å². The molecule has 1 aromatic carbocycles. The van der Waals surface area contributed by atoms with Crippen LogP contribution < -0.4 is 14.2 Å². The van der Waals surface area contributed by atoms with Gasteiger partial charge in [-0.05, 0) is 57.0 Å². The van der Waals surface area contributed by atoms with Crippen molar-refractivity contribution in [1.82, 2.24) is 29.7 Å². The standard InChI is InChI=1S/C27H31N7O6S/c1-16-10-20(14-28-11-16)26-31-32-27(34(26)23-21(38-5)8-7-9-22(23)39-6)33-41(36,37)19(4)24(40-15-18(3)35)25-29-12-17(2)13-30-25/h7-14,19,24H,15H2,1-6H3,(H,32,33)/t19-,24-/m1/s1. The number of nitrogens with zero attached hydrogens (tertiary/aromatic N) is 6. The van der Waals surface area contributed by atoms with E-state index < -0.39 is 21.4 Å². The summed E-state index contributed by atoms with van der Waals surface area (Å²) in [6, 6.07) is 7.00. The number of pyridine rings is 1. The molecule has 0 unspecified atom stereocenters. The number of carbonyl (C=O) groups excluding carboxylic acids is 1. The molecular formula is C27H31N7O6S. The number of para-hydroxylation sites is 1. The van der Waals surface area contributed by atoms with Crippen LogP contribution in [0.2, 0.25) is 0 Å². The van der Waals surface area contributed by atoms with Gasteiger partial charge in [0.25, 0.3) is 0 Å². The first-order valence-corrected chi connectivity index (χ1v) is 14.1. The van der Waals surface area contributed by atoms with Crippen molar-refractivity contribution in [2.75, 3.05) is 25.5 Å². The number of aryl methyl sites for hydroxylation is 2. The van der Waals surface area contributed by atoms with Crippen LogP contribution >= 0.6 is 0 Å². The summed E-state index contributed by atoms with van der Waals surface area (Å²) in [5.74, 6) is 0.769. The van der Waals surface area contributed by atoms with Crippen molar-refractivity contribution in [3.8, 4) is 28.6 Å². The molecule has 13 nitrogen and oxygen atoms in total. The number of methoxy groups -OCH3 is 2. The van der Waals surface area contributed by atoms with E-state index in [2.05, 4.69) is 29.9 Å². The smallest absolute Gasteiger partial charge is 0.243 e. The molecule has 0 aliphatic carbocycles. The molecule has 0 radical (unpaired) electrons. The predicted octanol–water partition coefficient (Wildman–Crippen LogP) is 3.23. The van der Waals surface area contributed by atoms with E-state index in [4.69, 9.17) is 14.2 Å². The Kier molecular flexibility index (Phi) is 8.93. The van der Waals surface area contributed by atoms with Crippen LogP contribution in [-0.4, -0.2) is 70.0 Å². The number of hydrogen-bond acceptors (Lipinski definition) is 11. The molecule has 0 bridgehead atoms. The maximum Gasteiger partial charge on any atom is 0.243 e. The SMILES string of the molecule is COc1cccc(OC)c1-n1c(NS(=O)(=O)[C@H](C)[C@@H](OCC(C)=O)c2ncc(C)cn2)nnc1-c1cncc(C)c1. The maximum absolute atomic E-state index is 13.8. The highest BCUT2D eigenvalue weighted by Gasteiger charge is 2.36. The van der Waals surface area contributed by atoms with Crippen LogP contribution in [0.1, 0.15) is 36.9 Å². The van der Waals surface area contributed by atoms with Crippen LogP contribution in [0.25, 0.3) is 17.1 Å². The third-order valence-corrected chi connectivity index (χ3v) is 7.79. The minimum absolute atomic E-state index is 0.120. The highest BCUT2D eigenvalue weighted by Crippen LogP contribution is 2.38. The summed E-state index contributed by atoms with van der Waals surface area (Å²) < 4.78 is 48.6. The van der Waals surface area contributed by atoms with E-state index in [1.54, 1.807) is 49.9 Å². The second-order valence-corrected chi connectivity index (χ2v) is 11.4. The Balaban J connectivity index is 1.84. The Hall–Kier alpha value is -4.43. The molecule has 41 heavy (non-hydrogen) atoms. The minimum atomic E-state index is -4.25. The second kappa shape index (κ2) is 12.4. The summed E-state index contributed by atoms with van der Waals surface area (Å²) in [4.78, 5) is 24.4. The maximum atomic E-state index is 13.8. The van der Waals surface area contributed by atoms with Gasteiger partial charge in [-0.3, -0.25) is 19.1 Å². The molecular weight excluding hydrogens is 550 g/mol. The van der Waals surface area contributed by atoms with Crippen LogP contribution in [0.15, 0.2) is 49.1 Å². The molecule has 3 heterocycles. The van der Waals surface area contributed by atoms with E-state index in [0.717, 1.165) is 11.1 Å². The van der Waals surface area contributed by atoms with Gasteiger partial charge in [0.15, 0.2) is 17.4 Å². The van der Waals surface area contributed by atoms with Gasteiger partial charge < -0.3 is 14.2 Å². The largest absolute Gasteiger partial charge is 0.494 e. The molecule has 4 aromatic rings. The lowest BCUT2D eigenvalue weighted by Gasteiger charge is -2.24. The Morgan fingerprint density at radius 1 is 1.00 bits per heavy atom. The molecule has 0 saturated heterocycles. The lowest BCUT2D eigenvalue weighted by atomic mass is 10.2. The average Bonchev–Trinajstić information content (AvgIpc) is 3.35. The van der Waals surface area contributed by atoms with E-state index in [9.17, 15) is 13.2 Å². The minimum Gasteiger partial charge on any atom is -0.494 e. The van der Waals surface area contributed by atoms with Crippen molar-refractivity contribution < 1.29 is 27.4 Å². The fourth-order valence-electron chi connectivity index (χ4n) is 4.04. The number of Topliss-reactive ketones (excluding diaryl/α,β-unsaturated/α-hetero) is 1. The summed E-state index contributed by atoms with van der Waals surface area (Å²) in [7, 11) is -1.28. The zero-order valence-corrected chi connectivity index (χ0v) is 24.3. The summed E-state index contributed by atoms with van der Waals surface area (Å²) in [6.07, 6.45) is 5.22. The van der Waals surface area contributed by atoms with Crippen LogP contribution in [0.3, 0.4) is 0 Å². The predicted molar refractivity (Wildman–Crippen MR) is 151 cm³/mol. The van der Waals surface area contributed by atoms with Gasteiger partial charge >= 0.3 is 0 Å². The topological polar surface area (TPSA) is 160 Å². The van der Waals surface area contributed by atoms with Gasteiger partial charge in [-0.1, -0.05) is 6.07 Å². The molecule has 216 valence electrons. The number of rotatable bonds is 12. The quantitative estimate of drug-likeness (QED) is 0.262. The number of benzene rings is 1. The van der Waals surface area contributed by atoms with Crippen molar-refractivity contribution in [3.05, 3.63) is 66.0 Å². The fourth-order valence-corrected chi connectivity index (χ4v) is 5.14. The first-order valence-electron chi connectivity index (χ1n) is 12.6. The number of ketones is 1. The Bertz CT molecular complexity index is 1620. The van der Waals surface area contributed by atoms with Gasteiger partial charge in [0.05, 0.1) is 14.2 Å². The Morgan fingerprint density at radius 3 is 2.24 bits per heavy atom. The molecule has 0 spiro atoms. The van der Waals surface area contributed by atoms with Gasteiger partial charge in [-0.15, -0.1) is 10.2 Å². The number of ether oxygens (including phenoxy) is 3. The molecule has 0 saturated carbocycles. The van der Waals surface area contributed by atoms with Gasteiger partial charge in [-0.2, -0.15) is 0 Å². The van der Waals surface area contributed by atoms with E-state index in [1.165, 1.54) is 32.6 Å². The molecule has 1 N–H and O–H groups in total. The monoisotopic (exact) mass is 581 g/mol. The summed E-state index contributed by atoms with van der Waals surface area (Å²) in [5, 5.41) is 7.25. The van der Waals surface area contributed by atoms with Gasteiger partial charge in [0.2, 0.25) is 16.0 Å². The van der Waals surface area contributed by atoms with Crippen LogP contribution in [0.4, 0.5) is 5.95 Å². The molecule has 14 heteroatoms. The van der Waals surface area contributed by atoms with Crippen molar-refractivity contribution in [1.29, 1.82) is 0 Å². The molecule has 0 aliphatic rings. The summed E-state index contributed by atoms with van der Waals surface area (Å²) >= 11 is 0. The average molecular weight is 582 g/mol. The summed E-state index contributed by atoms with van der Waals surface area (Å²) in [6.45, 7) is 6.14. The third-order valence-electron chi connectivity index (χ3n) is 6.09. The van der Waals surface area contributed by atoms with Crippen molar-refractivity contribution in [2.45, 2.75) is 39.0 Å². The van der Waals surface area contributed by atoms with E-state index in [-0.39, 0.29) is 24.2 Å². The van der Waals surface area contributed by atoms with Gasteiger partial charge in [0.1, 0.15) is 35.1 Å². The van der Waals surface area contributed by atoms with E-state index in [1.807, 2.05) is 13.0 Å². The highest BCUT2D eigenvalue weighted by atomic mass is 32.2. The van der Waals surface area contributed by atoms with Crippen LogP contribution in [0, 0.1) is 13.8 Å². The number of nitrogens with one attached hydrogen (secondary N) is 1. The zero-order chi connectivity index (χ0) is 29.7. The number of sulfonamides is 1. The van der Waals surface area contributed by atoms with Crippen LogP contribution in [-0.2, 0) is 19.6 Å². The highest BCUT2D eigenvalue weighted by molar-refractivity contribution is 7.93. The number of hydrogen-bond donors (Lipinski definition) is 1. The first kappa shape index (κ1) is 29.6. The molecule has 0 amide bonds. The lowest BCUT2D eigenvalue weighted by Crippen LogP contribution is -2.34. The lowest BCUT2D eigenvalue weighted by molar-refractivity contribution is -0.123. The normalized spacial score (nSPS) is 12.9. The Labute approximate surface area is 238 Å². The molecule has 2 atom stereocenters. The van der Waals surface area contributed by atoms with Crippen LogP contribution in [0.5, 0.6) is 11.5 Å². The third kappa shape index (κ3) is 6.49. The first-order chi connectivity index (χ1) is 19.6. The van der Waals surface area contributed by atoms with Crippen molar-refractivity contribution in [3.63, 3.8) is 0 Å². The number of aromatic nitrogens is 6. The molecule has 4 rings (SSSR count). The van der Waals surface area contributed by atoms with Crippen molar-refractivity contribution in [2.24, 2.45) is 0 Å². The molecule has 0 fully saturated rings. The number of anilines is 1. The fraction of sp³-hybridized carbons (Fsp3) is 0.333. The second-order valence-electron chi connectivity index (χ2n) is 9.35. The zero-order valence-electron chi connectivity index (χ0n) is 23.5. The molecule has 3 aromatic heterocycles. The number of carbonyl (C=O) groups is 1. The van der Waals surface area contributed by atoms with E-state index >= 15 is 0 Å².